The molecule has 0 aliphatic carbocycles. The Balaban J connectivity index is 1.50. The first kappa shape index (κ1) is 22.4. The number of aryl methyl sites for hydroxylation is 1. The van der Waals surface area contributed by atoms with E-state index in [9.17, 15) is 9.59 Å². The molecule has 0 saturated heterocycles. The second-order valence-corrected chi connectivity index (χ2v) is 7.87. The van der Waals surface area contributed by atoms with Crippen molar-refractivity contribution in [2.75, 3.05) is 13.2 Å². The Labute approximate surface area is 183 Å². The third kappa shape index (κ3) is 5.87. The van der Waals surface area contributed by atoms with E-state index in [0.29, 0.717) is 24.5 Å². The van der Waals surface area contributed by atoms with Gasteiger partial charge >= 0.3 is 0 Å². The van der Waals surface area contributed by atoms with E-state index in [4.69, 9.17) is 4.74 Å². The molecule has 0 bridgehead atoms. The van der Waals surface area contributed by atoms with Gasteiger partial charge in [-0.3, -0.25) is 9.59 Å². The van der Waals surface area contributed by atoms with Gasteiger partial charge in [0.25, 0.3) is 5.91 Å². The lowest BCUT2D eigenvalue weighted by atomic mass is 10.0. The van der Waals surface area contributed by atoms with Crippen LogP contribution in [0.1, 0.15) is 37.6 Å². The zero-order valence-corrected chi connectivity index (χ0v) is 18.4. The van der Waals surface area contributed by atoms with Crippen molar-refractivity contribution >= 4 is 22.7 Å². The van der Waals surface area contributed by atoms with E-state index in [1.54, 1.807) is 24.3 Å². The number of hydrogen-bond acceptors (Lipinski definition) is 3. The van der Waals surface area contributed by atoms with Crippen molar-refractivity contribution in [2.24, 2.45) is 5.92 Å². The number of carbonyl (C=O) groups excluding carboxylic acids is 2. The Kier molecular flexibility index (Phi) is 7.70. The van der Waals surface area contributed by atoms with E-state index >= 15 is 0 Å². The molecule has 0 unspecified atom stereocenters. The predicted octanol–water partition coefficient (Wildman–Crippen LogP) is 4.00. The van der Waals surface area contributed by atoms with Gasteiger partial charge in [0.2, 0.25) is 5.91 Å². The van der Waals surface area contributed by atoms with E-state index in [2.05, 4.69) is 39.6 Å². The fourth-order valence-corrected chi connectivity index (χ4v) is 3.54. The number of ether oxygens (including phenoxy) is 1. The van der Waals surface area contributed by atoms with Crippen LogP contribution in [0.15, 0.2) is 60.8 Å². The summed E-state index contributed by atoms with van der Waals surface area (Å²) in [6.07, 6.45) is 2.88. The standard InChI is InChI=1S/C25H31N3O3/c1-4-31-21-12-10-20(11-13-21)24(29)27-23(18(2)3)25(30)26-15-7-16-28-17-14-19-8-5-6-9-22(19)28/h5-6,8-14,17-18,23H,4,7,15-16H2,1-3H3,(H,26,30)(H,27,29)/t23-/m1/s1. The maximum Gasteiger partial charge on any atom is 0.251 e. The summed E-state index contributed by atoms with van der Waals surface area (Å²) in [4.78, 5) is 25.3. The van der Waals surface area contributed by atoms with Gasteiger partial charge in [0, 0.05) is 30.4 Å². The van der Waals surface area contributed by atoms with Gasteiger partial charge in [0.05, 0.1) is 6.61 Å². The minimum atomic E-state index is -0.591. The predicted molar refractivity (Wildman–Crippen MR) is 123 cm³/mol. The van der Waals surface area contributed by atoms with Gasteiger partial charge in [-0.2, -0.15) is 0 Å². The number of nitrogens with zero attached hydrogens (tertiary/aromatic N) is 1. The Morgan fingerprint density at radius 2 is 1.77 bits per heavy atom. The Morgan fingerprint density at radius 1 is 1.03 bits per heavy atom. The summed E-state index contributed by atoms with van der Waals surface area (Å²) >= 11 is 0. The number of rotatable bonds is 10. The van der Waals surface area contributed by atoms with Crippen LogP contribution in [0, 0.1) is 5.92 Å². The Hall–Kier alpha value is -3.28. The summed E-state index contributed by atoms with van der Waals surface area (Å²) in [7, 11) is 0. The highest BCUT2D eigenvalue weighted by Gasteiger charge is 2.24. The quantitative estimate of drug-likeness (QED) is 0.486. The molecule has 0 aliphatic rings. The van der Waals surface area contributed by atoms with Crippen LogP contribution in [0.4, 0.5) is 0 Å². The first-order valence-corrected chi connectivity index (χ1v) is 10.8. The lowest BCUT2D eigenvalue weighted by Gasteiger charge is -2.22. The number of aromatic nitrogens is 1. The molecule has 0 aliphatic heterocycles. The Morgan fingerprint density at radius 3 is 2.48 bits per heavy atom. The highest BCUT2D eigenvalue weighted by atomic mass is 16.5. The molecular formula is C25H31N3O3. The molecule has 0 radical (unpaired) electrons. The van der Waals surface area contributed by atoms with Crippen LogP contribution in [-0.2, 0) is 11.3 Å². The number of carbonyl (C=O) groups is 2. The molecule has 3 aromatic rings. The fourth-order valence-electron chi connectivity index (χ4n) is 3.54. The van der Waals surface area contributed by atoms with Crippen LogP contribution in [0.2, 0.25) is 0 Å². The molecular weight excluding hydrogens is 390 g/mol. The average Bonchev–Trinajstić information content (AvgIpc) is 3.18. The van der Waals surface area contributed by atoms with E-state index < -0.39 is 6.04 Å². The average molecular weight is 422 g/mol. The van der Waals surface area contributed by atoms with E-state index in [1.807, 2.05) is 32.9 Å². The van der Waals surface area contributed by atoms with E-state index in [-0.39, 0.29) is 17.7 Å². The van der Waals surface area contributed by atoms with Gasteiger partial charge in [0.15, 0.2) is 0 Å². The van der Waals surface area contributed by atoms with Crippen LogP contribution in [-0.4, -0.2) is 35.6 Å². The molecule has 31 heavy (non-hydrogen) atoms. The minimum absolute atomic E-state index is 0.0277. The highest BCUT2D eigenvalue weighted by Crippen LogP contribution is 2.15. The lowest BCUT2D eigenvalue weighted by Crippen LogP contribution is -2.49. The van der Waals surface area contributed by atoms with Gasteiger partial charge in [-0.1, -0.05) is 32.0 Å². The number of hydrogen-bond donors (Lipinski definition) is 2. The van der Waals surface area contributed by atoms with Crippen LogP contribution in [0.5, 0.6) is 5.75 Å². The molecule has 0 saturated carbocycles. The topological polar surface area (TPSA) is 72.4 Å². The number of fused-ring (bicyclic) bond motifs is 1. The first-order chi connectivity index (χ1) is 15.0. The van der Waals surface area contributed by atoms with Crippen molar-refractivity contribution in [1.82, 2.24) is 15.2 Å². The number of nitrogens with one attached hydrogen (secondary N) is 2. The summed E-state index contributed by atoms with van der Waals surface area (Å²) in [5.41, 5.74) is 1.69. The van der Waals surface area contributed by atoms with E-state index in [1.165, 1.54) is 10.9 Å². The van der Waals surface area contributed by atoms with Crippen LogP contribution < -0.4 is 15.4 Å². The number of amides is 2. The third-order valence-corrected chi connectivity index (χ3v) is 5.22. The summed E-state index contributed by atoms with van der Waals surface area (Å²) < 4.78 is 7.60. The van der Waals surface area contributed by atoms with Crippen molar-refractivity contribution in [3.63, 3.8) is 0 Å². The van der Waals surface area contributed by atoms with Gasteiger partial charge < -0.3 is 19.9 Å². The largest absolute Gasteiger partial charge is 0.494 e. The Bertz CT molecular complexity index is 1010. The van der Waals surface area contributed by atoms with Crippen molar-refractivity contribution in [2.45, 2.75) is 39.8 Å². The van der Waals surface area contributed by atoms with Crippen molar-refractivity contribution in [1.29, 1.82) is 0 Å². The normalized spacial score (nSPS) is 12.0. The first-order valence-electron chi connectivity index (χ1n) is 10.8. The monoisotopic (exact) mass is 421 g/mol. The second kappa shape index (κ2) is 10.7. The van der Waals surface area contributed by atoms with Crippen molar-refractivity contribution in [3.05, 3.63) is 66.4 Å². The van der Waals surface area contributed by atoms with Gasteiger partial charge in [0.1, 0.15) is 11.8 Å². The van der Waals surface area contributed by atoms with Crippen LogP contribution >= 0.6 is 0 Å². The molecule has 1 atom stereocenters. The zero-order chi connectivity index (χ0) is 22.2. The molecule has 6 heteroatoms. The van der Waals surface area contributed by atoms with E-state index in [0.717, 1.165) is 13.0 Å². The minimum Gasteiger partial charge on any atom is -0.494 e. The fraction of sp³-hybridized carbons (Fsp3) is 0.360. The number of benzene rings is 2. The summed E-state index contributed by atoms with van der Waals surface area (Å²) in [6.45, 7) is 7.70. The molecule has 3 rings (SSSR count). The van der Waals surface area contributed by atoms with Crippen molar-refractivity contribution in [3.8, 4) is 5.75 Å². The lowest BCUT2D eigenvalue weighted by molar-refractivity contribution is -0.123. The summed E-state index contributed by atoms with van der Waals surface area (Å²) in [6, 6.07) is 16.7. The second-order valence-electron chi connectivity index (χ2n) is 7.87. The molecule has 2 amide bonds. The summed E-state index contributed by atoms with van der Waals surface area (Å²) in [5, 5.41) is 7.05. The molecule has 6 nitrogen and oxygen atoms in total. The van der Waals surface area contributed by atoms with Gasteiger partial charge in [-0.25, -0.2) is 0 Å². The van der Waals surface area contributed by atoms with Crippen LogP contribution in [0.25, 0.3) is 10.9 Å². The zero-order valence-electron chi connectivity index (χ0n) is 18.4. The highest BCUT2D eigenvalue weighted by molar-refractivity contribution is 5.97. The van der Waals surface area contributed by atoms with Crippen LogP contribution in [0.3, 0.4) is 0 Å². The smallest absolute Gasteiger partial charge is 0.251 e. The molecule has 2 N–H and O–H groups in total. The van der Waals surface area contributed by atoms with Gasteiger partial charge in [-0.05, 0) is 61.0 Å². The van der Waals surface area contributed by atoms with Gasteiger partial charge in [-0.15, -0.1) is 0 Å². The molecule has 0 fully saturated rings. The maximum atomic E-state index is 12.7. The number of para-hydroxylation sites is 1. The molecule has 1 heterocycles. The maximum absolute atomic E-state index is 12.7. The van der Waals surface area contributed by atoms with Crippen molar-refractivity contribution < 1.29 is 14.3 Å². The third-order valence-electron chi connectivity index (χ3n) is 5.22. The molecule has 0 spiro atoms. The molecule has 164 valence electrons. The SMILES string of the molecule is CCOc1ccc(C(=O)N[C@@H](C(=O)NCCCn2ccc3ccccc32)C(C)C)cc1. The molecule has 2 aromatic carbocycles. The molecule has 1 aromatic heterocycles. The summed E-state index contributed by atoms with van der Waals surface area (Å²) in [5.74, 6) is 0.259.